The fourth-order valence-electron chi connectivity index (χ4n) is 2.62. The number of ether oxygens (including phenoxy) is 2. The van der Waals surface area contributed by atoms with Gasteiger partial charge in [-0.3, -0.25) is 9.82 Å². The summed E-state index contributed by atoms with van der Waals surface area (Å²) in [6.45, 7) is 0. The van der Waals surface area contributed by atoms with Crippen molar-refractivity contribution in [3.63, 3.8) is 0 Å². The number of pyridine rings is 1. The predicted octanol–water partition coefficient (Wildman–Crippen LogP) is 4.47. The number of hydrogen-bond acceptors (Lipinski definition) is 5. The molecule has 1 atom stereocenters. The average molecular weight is 389 g/mol. The monoisotopic (exact) mass is 389 g/mol. The Hall–Kier alpha value is -3.46. The number of aromatic nitrogens is 2. The SMILES string of the molecule is FC(F)(F)Oc1ccc([C@H]2C=C(Oc3ccc(-c4ccc[nH]4)nc3)NO2)cc1. The van der Waals surface area contributed by atoms with Gasteiger partial charge in [0.15, 0.2) is 0 Å². The third-order valence-corrected chi connectivity index (χ3v) is 3.87. The topological polar surface area (TPSA) is 68.4 Å². The molecule has 1 aliphatic rings. The Labute approximate surface area is 157 Å². The predicted molar refractivity (Wildman–Crippen MR) is 92.8 cm³/mol. The Morgan fingerprint density at radius 1 is 1.00 bits per heavy atom. The van der Waals surface area contributed by atoms with Crippen LogP contribution in [0.1, 0.15) is 11.7 Å². The van der Waals surface area contributed by atoms with Gasteiger partial charge in [-0.1, -0.05) is 12.1 Å². The third-order valence-electron chi connectivity index (χ3n) is 3.87. The molecule has 6 nitrogen and oxygen atoms in total. The minimum absolute atomic E-state index is 0.295. The van der Waals surface area contributed by atoms with Crippen molar-refractivity contribution in [2.45, 2.75) is 12.5 Å². The van der Waals surface area contributed by atoms with Crippen LogP contribution in [-0.2, 0) is 4.84 Å². The van der Waals surface area contributed by atoms with E-state index >= 15 is 0 Å². The summed E-state index contributed by atoms with van der Waals surface area (Å²) in [6, 6.07) is 12.8. The lowest BCUT2D eigenvalue weighted by Crippen LogP contribution is -2.17. The van der Waals surface area contributed by atoms with Gasteiger partial charge in [0.2, 0.25) is 5.88 Å². The summed E-state index contributed by atoms with van der Waals surface area (Å²) in [5.74, 6) is 0.568. The number of nitrogens with one attached hydrogen (secondary N) is 2. The highest BCUT2D eigenvalue weighted by Crippen LogP contribution is 2.29. The van der Waals surface area contributed by atoms with E-state index in [0.717, 1.165) is 11.4 Å². The standard InChI is InChI=1S/C19H14F3N3O3/c20-19(21,22)27-13-5-3-12(4-6-13)17-10-18(25-28-17)26-14-7-8-16(24-11-14)15-2-1-9-23-15/h1-11,17,23,25H/t17-/m1/s1. The first kappa shape index (κ1) is 17.9. The van der Waals surface area contributed by atoms with E-state index in [0.29, 0.717) is 17.2 Å². The summed E-state index contributed by atoms with van der Waals surface area (Å²) in [5, 5.41) is 0. The summed E-state index contributed by atoms with van der Waals surface area (Å²) in [5.41, 5.74) is 4.96. The largest absolute Gasteiger partial charge is 0.573 e. The van der Waals surface area contributed by atoms with Gasteiger partial charge in [0, 0.05) is 12.3 Å². The quantitative estimate of drug-likeness (QED) is 0.674. The van der Waals surface area contributed by atoms with Crippen LogP contribution in [0.25, 0.3) is 11.4 Å². The molecule has 3 heterocycles. The maximum atomic E-state index is 12.2. The van der Waals surface area contributed by atoms with Crippen LogP contribution in [0.15, 0.2) is 72.9 Å². The highest BCUT2D eigenvalue weighted by molar-refractivity contribution is 5.54. The molecule has 0 aliphatic carbocycles. The van der Waals surface area contributed by atoms with Crippen molar-refractivity contribution in [3.8, 4) is 22.9 Å². The molecular formula is C19H14F3N3O3. The molecule has 9 heteroatoms. The van der Waals surface area contributed by atoms with Crippen LogP contribution >= 0.6 is 0 Å². The van der Waals surface area contributed by atoms with E-state index in [1.165, 1.54) is 24.3 Å². The van der Waals surface area contributed by atoms with Gasteiger partial charge >= 0.3 is 6.36 Å². The van der Waals surface area contributed by atoms with Crippen LogP contribution in [0.4, 0.5) is 13.2 Å². The maximum absolute atomic E-state index is 12.2. The maximum Gasteiger partial charge on any atom is 0.573 e. The molecule has 0 bridgehead atoms. The van der Waals surface area contributed by atoms with Crippen molar-refractivity contribution in [3.05, 3.63) is 78.4 Å². The van der Waals surface area contributed by atoms with Crippen LogP contribution in [0.5, 0.6) is 11.5 Å². The molecule has 2 N–H and O–H groups in total. The first-order chi connectivity index (χ1) is 13.5. The van der Waals surface area contributed by atoms with Crippen LogP contribution in [0.2, 0.25) is 0 Å². The summed E-state index contributed by atoms with van der Waals surface area (Å²) in [6.07, 6.45) is -0.180. The first-order valence-electron chi connectivity index (χ1n) is 8.23. The fourth-order valence-corrected chi connectivity index (χ4v) is 2.62. The number of hydrogen-bond donors (Lipinski definition) is 2. The number of halogens is 3. The van der Waals surface area contributed by atoms with Gasteiger partial charge in [-0.25, -0.2) is 5.48 Å². The van der Waals surface area contributed by atoms with E-state index in [9.17, 15) is 13.2 Å². The molecule has 0 amide bonds. The van der Waals surface area contributed by atoms with E-state index in [-0.39, 0.29) is 5.75 Å². The molecule has 0 fully saturated rings. The zero-order chi connectivity index (χ0) is 19.6. The van der Waals surface area contributed by atoms with Crippen molar-refractivity contribution in [2.24, 2.45) is 0 Å². The number of aromatic amines is 1. The number of hydroxylamine groups is 1. The van der Waals surface area contributed by atoms with Crippen molar-refractivity contribution in [1.29, 1.82) is 0 Å². The van der Waals surface area contributed by atoms with Gasteiger partial charge in [-0.15, -0.1) is 13.2 Å². The molecule has 2 aromatic heterocycles. The Kier molecular flexibility index (Phi) is 4.66. The molecule has 3 aromatic rings. The number of rotatable bonds is 5. The number of alkyl halides is 3. The Morgan fingerprint density at radius 3 is 2.43 bits per heavy atom. The molecule has 144 valence electrons. The second-order valence-electron chi connectivity index (χ2n) is 5.85. The normalized spacial score (nSPS) is 16.4. The molecule has 0 radical (unpaired) electrons. The van der Waals surface area contributed by atoms with Crippen molar-refractivity contribution in [2.75, 3.05) is 0 Å². The van der Waals surface area contributed by atoms with E-state index in [1.807, 2.05) is 24.4 Å². The molecular weight excluding hydrogens is 375 g/mol. The summed E-state index contributed by atoms with van der Waals surface area (Å²) in [4.78, 5) is 12.8. The summed E-state index contributed by atoms with van der Waals surface area (Å²) in [7, 11) is 0. The van der Waals surface area contributed by atoms with Crippen molar-refractivity contribution < 1.29 is 27.5 Å². The second kappa shape index (κ2) is 7.28. The van der Waals surface area contributed by atoms with Crippen molar-refractivity contribution in [1.82, 2.24) is 15.4 Å². The van der Waals surface area contributed by atoms with Crippen LogP contribution in [-0.4, -0.2) is 16.3 Å². The average Bonchev–Trinajstić information content (AvgIpc) is 3.34. The smallest absolute Gasteiger partial charge is 0.438 e. The lowest BCUT2D eigenvalue weighted by Gasteiger charge is -2.11. The minimum Gasteiger partial charge on any atom is -0.438 e. The third kappa shape index (κ3) is 4.26. The van der Waals surface area contributed by atoms with E-state index in [4.69, 9.17) is 9.57 Å². The minimum atomic E-state index is -4.72. The van der Waals surface area contributed by atoms with Gasteiger partial charge < -0.3 is 14.5 Å². The molecule has 0 saturated heterocycles. The number of nitrogens with zero attached hydrogens (tertiary/aromatic N) is 1. The molecule has 0 spiro atoms. The van der Waals surface area contributed by atoms with E-state index < -0.39 is 12.5 Å². The number of H-pyrrole nitrogens is 1. The molecule has 0 unspecified atom stereocenters. The lowest BCUT2D eigenvalue weighted by molar-refractivity contribution is -0.274. The molecule has 1 aliphatic heterocycles. The lowest BCUT2D eigenvalue weighted by atomic mass is 10.1. The fraction of sp³-hybridized carbons (Fsp3) is 0.105. The molecule has 1 aromatic carbocycles. The van der Waals surface area contributed by atoms with Gasteiger partial charge in [0.05, 0.1) is 17.6 Å². The van der Waals surface area contributed by atoms with Gasteiger partial charge in [0.1, 0.15) is 17.6 Å². The Morgan fingerprint density at radius 2 is 1.79 bits per heavy atom. The van der Waals surface area contributed by atoms with Gasteiger partial charge in [-0.05, 0) is 42.0 Å². The highest BCUT2D eigenvalue weighted by Gasteiger charge is 2.31. The highest BCUT2D eigenvalue weighted by atomic mass is 19.4. The summed E-state index contributed by atoms with van der Waals surface area (Å²) >= 11 is 0. The van der Waals surface area contributed by atoms with Gasteiger partial charge in [0.25, 0.3) is 0 Å². The zero-order valence-corrected chi connectivity index (χ0v) is 14.2. The van der Waals surface area contributed by atoms with Crippen LogP contribution < -0.4 is 15.0 Å². The van der Waals surface area contributed by atoms with E-state index in [1.54, 1.807) is 18.3 Å². The number of benzene rings is 1. The first-order valence-corrected chi connectivity index (χ1v) is 8.23. The second-order valence-corrected chi connectivity index (χ2v) is 5.85. The van der Waals surface area contributed by atoms with Crippen LogP contribution in [0, 0.1) is 0 Å². The Bertz CT molecular complexity index is 953. The molecule has 0 saturated carbocycles. The van der Waals surface area contributed by atoms with Crippen LogP contribution in [0.3, 0.4) is 0 Å². The van der Waals surface area contributed by atoms with E-state index in [2.05, 4.69) is 20.2 Å². The molecule has 28 heavy (non-hydrogen) atoms. The van der Waals surface area contributed by atoms with Crippen molar-refractivity contribution >= 4 is 0 Å². The summed E-state index contributed by atoms with van der Waals surface area (Å²) < 4.78 is 46.2. The molecule has 4 rings (SSSR count). The zero-order valence-electron chi connectivity index (χ0n) is 14.2. The Balaban J connectivity index is 1.40. The van der Waals surface area contributed by atoms with Gasteiger partial charge in [-0.2, -0.15) is 0 Å².